The molecule has 0 amide bonds. The van der Waals surface area contributed by atoms with Crippen LogP contribution < -0.4 is 5.32 Å². The number of fused-ring (bicyclic) bond motifs is 2. The molecule has 1 aliphatic carbocycles. The SMILES string of the molecule is Cc1ccc2c(c1)nc(CNc1nc(-c3ccncc3)nc3c1CCC3)n2C. The predicted molar refractivity (Wildman–Crippen MR) is 110 cm³/mol. The van der Waals surface area contributed by atoms with Gasteiger partial charge in [-0.1, -0.05) is 6.07 Å². The number of anilines is 1. The molecule has 0 radical (unpaired) electrons. The van der Waals surface area contributed by atoms with Gasteiger partial charge in [0.2, 0.25) is 0 Å². The minimum absolute atomic E-state index is 0.628. The largest absolute Gasteiger partial charge is 0.362 e. The Morgan fingerprint density at radius 1 is 1.04 bits per heavy atom. The summed E-state index contributed by atoms with van der Waals surface area (Å²) in [7, 11) is 2.06. The Bertz CT molecular complexity index is 1160. The third-order valence-corrected chi connectivity index (χ3v) is 5.41. The molecular weight excluding hydrogens is 348 g/mol. The summed E-state index contributed by atoms with van der Waals surface area (Å²) >= 11 is 0. The highest BCUT2D eigenvalue weighted by Crippen LogP contribution is 2.29. The summed E-state index contributed by atoms with van der Waals surface area (Å²) < 4.78 is 2.15. The fourth-order valence-corrected chi connectivity index (χ4v) is 3.89. The summed E-state index contributed by atoms with van der Waals surface area (Å²) in [6.45, 7) is 2.72. The van der Waals surface area contributed by atoms with E-state index in [4.69, 9.17) is 15.0 Å². The summed E-state index contributed by atoms with van der Waals surface area (Å²) in [5.74, 6) is 2.68. The molecule has 0 aliphatic heterocycles. The molecule has 3 aromatic heterocycles. The molecule has 4 aromatic rings. The summed E-state index contributed by atoms with van der Waals surface area (Å²) in [4.78, 5) is 18.5. The van der Waals surface area contributed by atoms with Crippen molar-refractivity contribution < 1.29 is 0 Å². The first-order valence-electron chi connectivity index (χ1n) is 9.65. The molecule has 0 saturated carbocycles. The van der Waals surface area contributed by atoms with Crippen molar-refractivity contribution in [1.82, 2.24) is 24.5 Å². The Morgan fingerprint density at radius 2 is 1.89 bits per heavy atom. The zero-order chi connectivity index (χ0) is 19.1. The van der Waals surface area contributed by atoms with Crippen LogP contribution in [0.15, 0.2) is 42.7 Å². The lowest BCUT2D eigenvalue weighted by Gasteiger charge is -2.12. The van der Waals surface area contributed by atoms with E-state index in [9.17, 15) is 0 Å². The molecule has 0 atom stereocenters. The van der Waals surface area contributed by atoms with Crippen molar-refractivity contribution in [2.24, 2.45) is 7.05 Å². The molecule has 28 heavy (non-hydrogen) atoms. The van der Waals surface area contributed by atoms with Crippen molar-refractivity contribution in [3.8, 4) is 11.4 Å². The lowest BCUT2D eigenvalue weighted by atomic mass is 10.2. The highest BCUT2D eigenvalue weighted by Gasteiger charge is 2.20. The Kier molecular flexibility index (Phi) is 4.04. The van der Waals surface area contributed by atoms with E-state index in [-0.39, 0.29) is 0 Å². The smallest absolute Gasteiger partial charge is 0.161 e. The fourth-order valence-electron chi connectivity index (χ4n) is 3.89. The molecule has 3 heterocycles. The Hall–Kier alpha value is -3.28. The second kappa shape index (κ2) is 6.71. The van der Waals surface area contributed by atoms with Gasteiger partial charge in [-0.25, -0.2) is 15.0 Å². The molecule has 0 saturated heterocycles. The number of hydrogen-bond donors (Lipinski definition) is 1. The topological polar surface area (TPSA) is 68.5 Å². The van der Waals surface area contributed by atoms with Crippen LogP contribution in [0, 0.1) is 6.92 Å². The van der Waals surface area contributed by atoms with Crippen LogP contribution in [0.1, 0.15) is 29.1 Å². The van der Waals surface area contributed by atoms with Gasteiger partial charge < -0.3 is 9.88 Å². The Morgan fingerprint density at radius 3 is 2.75 bits per heavy atom. The van der Waals surface area contributed by atoms with E-state index in [0.29, 0.717) is 6.54 Å². The number of imidazole rings is 1. The zero-order valence-electron chi connectivity index (χ0n) is 16.1. The predicted octanol–water partition coefficient (Wildman–Crippen LogP) is 3.83. The van der Waals surface area contributed by atoms with E-state index in [1.54, 1.807) is 12.4 Å². The van der Waals surface area contributed by atoms with Crippen LogP contribution in [0.5, 0.6) is 0 Å². The molecule has 0 spiro atoms. The number of aromatic nitrogens is 5. The van der Waals surface area contributed by atoms with Gasteiger partial charge >= 0.3 is 0 Å². The van der Waals surface area contributed by atoms with E-state index in [2.05, 4.69) is 47.0 Å². The van der Waals surface area contributed by atoms with Crippen molar-refractivity contribution in [2.75, 3.05) is 5.32 Å². The van der Waals surface area contributed by atoms with Gasteiger partial charge in [0.25, 0.3) is 0 Å². The van der Waals surface area contributed by atoms with Gasteiger partial charge in [-0.3, -0.25) is 4.98 Å². The average Bonchev–Trinajstić information content (AvgIpc) is 3.31. The summed E-state index contributed by atoms with van der Waals surface area (Å²) in [6, 6.07) is 10.3. The van der Waals surface area contributed by atoms with Gasteiger partial charge in [-0.15, -0.1) is 0 Å². The highest BCUT2D eigenvalue weighted by molar-refractivity contribution is 5.76. The zero-order valence-corrected chi connectivity index (χ0v) is 16.1. The van der Waals surface area contributed by atoms with Crippen LogP contribution >= 0.6 is 0 Å². The number of benzene rings is 1. The normalized spacial score (nSPS) is 13.1. The summed E-state index contributed by atoms with van der Waals surface area (Å²) in [5.41, 5.74) is 6.79. The Labute approximate surface area is 163 Å². The highest BCUT2D eigenvalue weighted by atomic mass is 15.1. The van der Waals surface area contributed by atoms with Gasteiger partial charge in [0, 0.05) is 36.3 Å². The van der Waals surface area contributed by atoms with Crippen LogP contribution in [0.25, 0.3) is 22.4 Å². The number of aryl methyl sites for hydroxylation is 3. The molecule has 0 bridgehead atoms. The molecule has 5 rings (SSSR count). The number of rotatable bonds is 4. The van der Waals surface area contributed by atoms with Gasteiger partial charge in [-0.2, -0.15) is 0 Å². The van der Waals surface area contributed by atoms with Crippen LogP contribution in [0.3, 0.4) is 0 Å². The molecule has 6 heteroatoms. The molecule has 140 valence electrons. The number of pyridine rings is 1. The third-order valence-electron chi connectivity index (χ3n) is 5.41. The molecule has 1 N–H and O–H groups in total. The fraction of sp³-hybridized carbons (Fsp3) is 0.273. The minimum Gasteiger partial charge on any atom is -0.362 e. The average molecular weight is 370 g/mol. The first kappa shape index (κ1) is 16.9. The quantitative estimate of drug-likeness (QED) is 0.591. The van der Waals surface area contributed by atoms with E-state index < -0.39 is 0 Å². The first-order chi connectivity index (χ1) is 13.7. The second-order valence-electron chi connectivity index (χ2n) is 7.34. The minimum atomic E-state index is 0.628. The first-order valence-corrected chi connectivity index (χ1v) is 9.65. The summed E-state index contributed by atoms with van der Waals surface area (Å²) in [6.07, 6.45) is 6.72. The number of hydrogen-bond acceptors (Lipinski definition) is 5. The van der Waals surface area contributed by atoms with Crippen molar-refractivity contribution in [3.63, 3.8) is 0 Å². The molecule has 1 aromatic carbocycles. The van der Waals surface area contributed by atoms with Gasteiger partial charge in [0.05, 0.1) is 17.6 Å². The van der Waals surface area contributed by atoms with Crippen molar-refractivity contribution >= 4 is 16.9 Å². The molecule has 0 fully saturated rings. The monoisotopic (exact) mass is 370 g/mol. The molecule has 1 aliphatic rings. The van der Waals surface area contributed by atoms with Gasteiger partial charge in [0.15, 0.2) is 5.82 Å². The second-order valence-corrected chi connectivity index (χ2v) is 7.34. The lowest BCUT2D eigenvalue weighted by molar-refractivity contribution is 0.829. The Balaban J connectivity index is 1.49. The van der Waals surface area contributed by atoms with Crippen LogP contribution in [-0.2, 0) is 26.4 Å². The van der Waals surface area contributed by atoms with E-state index in [0.717, 1.165) is 59.0 Å². The summed E-state index contributed by atoms with van der Waals surface area (Å²) in [5, 5.41) is 3.54. The maximum absolute atomic E-state index is 4.84. The standard InChI is InChI=1S/C22H22N6/c1-14-6-7-19-18(12-14)25-20(28(19)2)13-24-22-16-4-3-5-17(16)26-21(27-22)15-8-10-23-11-9-15/h6-12H,3-5,13H2,1-2H3,(H,24,26,27). The number of nitrogens with one attached hydrogen (secondary N) is 1. The maximum Gasteiger partial charge on any atom is 0.161 e. The van der Waals surface area contributed by atoms with Gasteiger partial charge in [0.1, 0.15) is 11.6 Å². The molecule has 6 nitrogen and oxygen atoms in total. The molecular formula is C22H22N6. The van der Waals surface area contributed by atoms with Crippen LogP contribution in [-0.4, -0.2) is 24.5 Å². The van der Waals surface area contributed by atoms with Crippen molar-refractivity contribution in [1.29, 1.82) is 0 Å². The maximum atomic E-state index is 4.84. The number of nitrogens with zero attached hydrogens (tertiary/aromatic N) is 5. The third kappa shape index (κ3) is 2.91. The van der Waals surface area contributed by atoms with Gasteiger partial charge in [-0.05, 0) is 56.0 Å². The van der Waals surface area contributed by atoms with Crippen LogP contribution in [0.2, 0.25) is 0 Å². The van der Waals surface area contributed by atoms with Crippen molar-refractivity contribution in [2.45, 2.75) is 32.7 Å². The van der Waals surface area contributed by atoms with E-state index in [1.807, 2.05) is 12.1 Å². The van der Waals surface area contributed by atoms with Crippen LogP contribution in [0.4, 0.5) is 5.82 Å². The van der Waals surface area contributed by atoms with Crippen molar-refractivity contribution in [3.05, 3.63) is 65.4 Å². The van der Waals surface area contributed by atoms with E-state index in [1.165, 1.54) is 11.1 Å². The lowest BCUT2D eigenvalue weighted by Crippen LogP contribution is -2.10. The van der Waals surface area contributed by atoms with E-state index >= 15 is 0 Å². The molecule has 0 unspecified atom stereocenters.